The molecule has 0 fully saturated rings. The summed E-state index contributed by atoms with van der Waals surface area (Å²) in [7, 11) is 0. The molecule has 0 bridgehead atoms. The van der Waals surface area contributed by atoms with E-state index in [2.05, 4.69) is 0 Å². The van der Waals surface area contributed by atoms with Gasteiger partial charge in [0.25, 0.3) is 0 Å². The van der Waals surface area contributed by atoms with E-state index in [-0.39, 0.29) is 17.4 Å². The molecule has 0 spiro atoms. The standard InChI is InChI=1S/C29H18F2O/c30-23-15-11-21(12-16-23)25-26(22-13-17-24(31)18-14-22)28(20-9-5-2-6-10-20)29(32)27(25)19-7-3-1-4-8-19/h1-18H. The number of halogens is 2. The van der Waals surface area contributed by atoms with Crippen molar-refractivity contribution in [3.05, 3.63) is 143 Å². The highest BCUT2D eigenvalue weighted by molar-refractivity contribution is 6.59. The fourth-order valence-electron chi connectivity index (χ4n) is 4.17. The Hall–Kier alpha value is -4.11. The van der Waals surface area contributed by atoms with Gasteiger partial charge in [-0.3, -0.25) is 4.79 Å². The first-order valence-corrected chi connectivity index (χ1v) is 10.3. The fourth-order valence-corrected chi connectivity index (χ4v) is 4.17. The lowest BCUT2D eigenvalue weighted by atomic mass is 9.89. The van der Waals surface area contributed by atoms with E-state index < -0.39 is 0 Å². The van der Waals surface area contributed by atoms with Gasteiger partial charge in [-0.25, -0.2) is 8.78 Å². The largest absolute Gasteiger partial charge is 0.289 e. The zero-order chi connectivity index (χ0) is 22.1. The highest BCUT2D eigenvalue weighted by Crippen LogP contribution is 2.49. The molecule has 0 unspecified atom stereocenters. The SMILES string of the molecule is O=C1C(c2ccccc2)=C(c2ccc(F)cc2)C(c2ccc(F)cc2)=C1c1ccccc1. The van der Waals surface area contributed by atoms with Crippen LogP contribution in [0.1, 0.15) is 22.3 Å². The number of hydrogen-bond donors (Lipinski definition) is 0. The number of hydrogen-bond acceptors (Lipinski definition) is 1. The summed E-state index contributed by atoms with van der Waals surface area (Å²) in [6.45, 7) is 0. The van der Waals surface area contributed by atoms with E-state index in [0.29, 0.717) is 22.3 Å². The van der Waals surface area contributed by atoms with Crippen molar-refractivity contribution in [3.63, 3.8) is 0 Å². The maximum Gasteiger partial charge on any atom is 0.195 e. The molecule has 5 rings (SSSR count). The van der Waals surface area contributed by atoms with E-state index >= 15 is 0 Å². The summed E-state index contributed by atoms with van der Waals surface area (Å²) in [6, 6.07) is 31.2. The van der Waals surface area contributed by atoms with Crippen LogP contribution in [0.2, 0.25) is 0 Å². The number of Topliss-reactive ketones (excluding diaryl/α,β-unsaturated/α-hetero) is 1. The first kappa shape index (κ1) is 19.8. The lowest BCUT2D eigenvalue weighted by Crippen LogP contribution is -2.01. The zero-order valence-electron chi connectivity index (χ0n) is 17.1. The summed E-state index contributed by atoms with van der Waals surface area (Å²) in [5, 5.41) is 0. The number of allylic oxidation sites excluding steroid dienone is 4. The highest BCUT2D eigenvalue weighted by atomic mass is 19.1. The van der Waals surface area contributed by atoms with Crippen LogP contribution in [-0.4, -0.2) is 5.78 Å². The van der Waals surface area contributed by atoms with Crippen LogP contribution in [0.15, 0.2) is 109 Å². The van der Waals surface area contributed by atoms with Gasteiger partial charge in [-0.2, -0.15) is 0 Å². The Labute approximate surface area is 185 Å². The number of rotatable bonds is 4. The molecule has 1 nitrogen and oxygen atoms in total. The van der Waals surface area contributed by atoms with Crippen LogP contribution in [0, 0.1) is 11.6 Å². The fraction of sp³-hybridized carbons (Fsp3) is 0. The third kappa shape index (κ3) is 3.48. The average Bonchev–Trinajstić information content (AvgIpc) is 3.14. The molecule has 0 aromatic heterocycles. The Morgan fingerprint density at radius 2 is 0.688 bits per heavy atom. The number of ketones is 1. The quantitative estimate of drug-likeness (QED) is 0.345. The van der Waals surface area contributed by atoms with E-state index in [4.69, 9.17) is 0 Å². The number of carbonyl (C=O) groups is 1. The summed E-state index contributed by atoms with van der Waals surface area (Å²) in [4.78, 5) is 13.9. The van der Waals surface area contributed by atoms with Crippen LogP contribution in [0.4, 0.5) is 8.78 Å². The maximum absolute atomic E-state index is 13.9. The van der Waals surface area contributed by atoms with Gasteiger partial charge >= 0.3 is 0 Å². The van der Waals surface area contributed by atoms with Crippen LogP contribution in [-0.2, 0) is 4.79 Å². The van der Waals surface area contributed by atoms with Crippen LogP contribution < -0.4 is 0 Å². The molecule has 0 atom stereocenters. The minimum atomic E-state index is -0.351. The van der Waals surface area contributed by atoms with E-state index in [0.717, 1.165) is 22.3 Å². The Balaban J connectivity index is 1.87. The smallest absolute Gasteiger partial charge is 0.195 e. The average molecular weight is 420 g/mol. The monoisotopic (exact) mass is 420 g/mol. The molecule has 0 heterocycles. The van der Waals surface area contributed by atoms with Gasteiger partial charge in [0.1, 0.15) is 11.6 Å². The molecule has 0 saturated carbocycles. The summed E-state index contributed by atoms with van der Waals surface area (Å²) in [5.41, 5.74) is 5.54. The first-order valence-electron chi connectivity index (χ1n) is 10.3. The van der Waals surface area contributed by atoms with Crippen molar-refractivity contribution in [1.29, 1.82) is 0 Å². The normalized spacial score (nSPS) is 13.8. The molecule has 154 valence electrons. The third-order valence-electron chi connectivity index (χ3n) is 5.59. The predicted molar refractivity (Wildman–Crippen MR) is 124 cm³/mol. The molecule has 4 aromatic rings. The molecule has 0 radical (unpaired) electrons. The lowest BCUT2D eigenvalue weighted by molar-refractivity contribution is -0.108. The van der Waals surface area contributed by atoms with Crippen molar-refractivity contribution in [2.45, 2.75) is 0 Å². The van der Waals surface area contributed by atoms with Gasteiger partial charge < -0.3 is 0 Å². The van der Waals surface area contributed by atoms with Gasteiger partial charge in [0.05, 0.1) is 0 Å². The van der Waals surface area contributed by atoms with Gasteiger partial charge in [0.2, 0.25) is 0 Å². The summed E-state index contributed by atoms with van der Waals surface area (Å²) in [5.74, 6) is -0.813. The molecule has 1 aliphatic rings. The zero-order valence-corrected chi connectivity index (χ0v) is 17.1. The van der Waals surface area contributed by atoms with E-state index in [1.165, 1.54) is 24.3 Å². The van der Waals surface area contributed by atoms with Gasteiger partial charge in [0, 0.05) is 22.3 Å². The minimum absolute atomic E-state index is 0.110. The van der Waals surface area contributed by atoms with Crippen molar-refractivity contribution < 1.29 is 13.6 Å². The second-order valence-electron chi connectivity index (χ2n) is 7.57. The molecule has 0 aliphatic heterocycles. The maximum atomic E-state index is 13.9. The van der Waals surface area contributed by atoms with E-state index in [9.17, 15) is 13.6 Å². The number of benzene rings is 4. The lowest BCUT2D eigenvalue weighted by Gasteiger charge is -2.13. The van der Waals surface area contributed by atoms with Crippen molar-refractivity contribution in [1.82, 2.24) is 0 Å². The van der Waals surface area contributed by atoms with Crippen LogP contribution in [0.5, 0.6) is 0 Å². The van der Waals surface area contributed by atoms with Crippen LogP contribution >= 0.6 is 0 Å². The summed E-state index contributed by atoms with van der Waals surface area (Å²) >= 11 is 0. The predicted octanol–water partition coefficient (Wildman–Crippen LogP) is 7.07. The van der Waals surface area contributed by atoms with Crippen molar-refractivity contribution >= 4 is 28.1 Å². The Kier molecular flexibility index (Phi) is 5.08. The molecule has 0 amide bonds. The van der Waals surface area contributed by atoms with Gasteiger partial charge in [-0.15, -0.1) is 0 Å². The molecule has 1 aliphatic carbocycles. The highest BCUT2D eigenvalue weighted by Gasteiger charge is 2.35. The van der Waals surface area contributed by atoms with E-state index in [1.54, 1.807) is 24.3 Å². The molecular weight excluding hydrogens is 402 g/mol. The number of carbonyl (C=O) groups excluding carboxylic acids is 1. The molecular formula is C29H18F2O. The molecule has 0 N–H and O–H groups in total. The van der Waals surface area contributed by atoms with Crippen LogP contribution in [0.25, 0.3) is 22.3 Å². The molecule has 4 aromatic carbocycles. The molecule has 3 heteroatoms. The summed E-state index contributed by atoms with van der Waals surface area (Å²) < 4.78 is 27.5. The summed E-state index contributed by atoms with van der Waals surface area (Å²) in [6.07, 6.45) is 0. The topological polar surface area (TPSA) is 17.1 Å². The second-order valence-corrected chi connectivity index (χ2v) is 7.57. The van der Waals surface area contributed by atoms with Gasteiger partial charge in [0.15, 0.2) is 5.78 Å². The van der Waals surface area contributed by atoms with Gasteiger partial charge in [-0.05, 0) is 46.5 Å². The second kappa shape index (κ2) is 8.20. The molecule has 32 heavy (non-hydrogen) atoms. The first-order chi connectivity index (χ1) is 15.6. The minimum Gasteiger partial charge on any atom is -0.289 e. The van der Waals surface area contributed by atoms with Crippen molar-refractivity contribution in [2.75, 3.05) is 0 Å². The van der Waals surface area contributed by atoms with Crippen molar-refractivity contribution in [2.24, 2.45) is 0 Å². The van der Waals surface area contributed by atoms with Crippen molar-refractivity contribution in [3.8, 4) is 0 Å². The van der Waals surface area contributed by atoms with Gasteiger partial charge in [-0.1, -0.05) is 84.9 Å². The Bertz CT molecular complexity index is 1240. The van der Waals surface area contributed by atoms with E-state index in [1.807, 2.05) is 60.7 Å². The van der Waals surface area contributed by atoms with Crippen LogP contribution in [0.3, 0.4) is 0 Å². The third-order valence-corrected chi connectivity index (χ3v) is 5.59. The molecule has 0 saturated heterocycles. The Morgan fingerprint density at radius 3 is 1.03 bits per heavy atom. The Morgan fingerprint density at radius 1 is 0.375 bits per heavy atom.